The second-order valence-corrected chi connectivity index (χ2v) is 6.81. The lowest BCUT2D eigenvalue weighted by atomic mass is 10.1. The Balaban J connectivity index is 0.00000225. The van der Waals surface area contributed by atoms with Crippen molar-refractivity contribution < 1.29 is 4.74 Å². The van der Waals surface area contributed by atoms with Crippen LogP contribution in [0, 0.1) is 6.92 Å². The third-order valence-corrected chi connectivity index (χ3v) is 4.81. The Labute approximate surface area is 168 Å². The van der Waals surface area contributed by atoms with E-state index in [0.29, 0.717) is 12.6 Å². The van der Waals surface area contributed by atoms with Gasteiger partial charge < -0.3 is 15.4 Å². The molecule has 140 valence electrons. The largest absolute Gasteiger partial charge is 0.373 e. The van der Waals surface area contributed by atoms with Gasteiger partial charge in [0.2, 0.25) is 0 Å². The minimum Gasteiger partial charge on any atom is -0.373 e. The number of hydrogen-bond donors (Lipinski definition) is 2. The summed E-state index contributed by atoms with van der Waals surface area (Å²) >= 11 is 0. The third kappa shape index (κ3) is 6.11. The zero-order valence-corrected chi connectivity index (χ0v) is 17.7. The molecule has 2 saturated heterocycles. The fraction of sp³-hybridized carbons (Fsp3) is 0.632. The molecule has 3 rings (SSSR count). The second kappa shape index (κ2) is 10.3. The van der Waals surface area contributed by atoms with Gasteiger partial charge in [-0.2, -0.15) is 0 Å². The number of morpholine rings is 1. The second-order valence-electron chi connectivity index (χ2n) is 6.81. The maximum Gasteiger partial charge on any atom is 0.191 e. The van der Waals surface area contributed by atoms with Gasteiger partial charge in [0.05, 0.1) is 19.3 Å². The first-order valence-corrected chi connectivity index (χ1v) is 9.18. The summed E-state index contributed by atoms with van der Waals surface area (Å²) in [5.41, 5.74) is 2.51. The normalized spacial score (nSPS) is 23.7. The zero-order chi connectivity index (χ0) is 16.8. The Morgan fingerprint density at radius 3 is 3.04 bits per heavy atom. The van der Waals surface area contributed by atoms with E-state index in [0.717, 1.165) is 32.2 Å². The third-order valence-electron chi connectivity index (χ3n) is 4.81. The number of aryl methyl sites for hydroxylation is 1. The molecule has 0 aliphatic carbocycles. The van der Waals surface area contributed by atoms with Gasteiger partial charge in [0, 0.05) is 25.7 Å². The summed E-state index contributed by atoms with van der Waals surface area (Å²) in [6.45, 7) is 9.71. The molecule has 0 amide bonds. The molecule has 5 nitrogen and oxygen atoms in total. The molecule has 2 unspecified atom stereocenters. The van der Waals surface area contributed by atoms with Crippen LogP contribution in [0.25, 0.3) is 0 Å². The molecule has 2 heterocycles. The first kappa shape index (κ1) is 20.5. The Morgan fingerprint density at radius 2 is 2.24 bits per heavy atom. The van der Waals surface area contributed by atoms with Crippen LogP contribution in [0.3, 0.4) is 0 Å². The van der Waals surface area contributed by atoms with Crippen molar-refractivity contribution in [1.82, 2.24) is 15.5 Å². The van der Waals surface area contributed by atoms with Crippen molar-refractivity contribution in [2.45, 2.75) is 45.4 Å². The van der Waals surface area contributed by atoms with Crippen molar-refractivity contribution in [3.63, 3.8) is 0 Å². The molecule has 2 aliphatic heterocycles. The van der Waals surface area contributed by atoms with Gasteiger partial charge in [-0.3, -0.25) is 4.90 Å². The predicted octanol–water partition coefficient (Wildman–Crippen LogP) is 2.53. The van der Waals surface area contributed by atoms with E-state index in [4.69, 9.17) is 9.73 Å². The van der Waals surface area contributed by atoms with Gasteiger partial charge in [0.15, 0.2) is 5.96 Å². The maximum absolute atomic E-state index is 6.01. The topological polar surface area (TPSA) is 48.9 Å². The van der Waals surface area contributed by atoms with Crippen molar-refractivity contribution in [3.8, 4) is 0 Å². The molecule has 25 heavy (non-hydrogen) atoms. The van der Waals surface area contributed by atoms with Gasteiger partial charge in [0.25, 0.3) is 0 Å². The van der Waals surface area contributed by atoms with E-state index in [9.17, 15) is 0 Å². The Kier molecular flexibility index (Phi) is 8.45. The molecule has 0 aromatic heterocycles. The molecule has 2 N–H and O–H groups in total. The van der Waals surface area contributed by atoms with Crippen LogP contribution in [-0.4, -0.2) is 55.8 Å². The van der Waals surface area contributed by atoms with Crippen LogP contribution in [0.5, 0.6) is 0 Å². The molecular weight excluding hydrogens is 427 g/mol. The summed E-state index contributed by atoms with van der Waals surface area (Å²) in [6, 6.07) is 9.17. The molecule has 0 bridgehead atoms. The summed E-state index contributed by atoms with van der Waals surface area (Å²) < 4.78 is 6.01. The summed E-state index contributed by atoms with van der Waals surface area (Å²) in [4.78, 5) is 7.28. The zero-order valence-electron chi connectivity index (χ0n) is 15.3. The van der Waals surface area contributed by atoms with E-state index in [1.807, 2.05) is 0 Å². The van der Waals surface area contributed by atoms with E-state index in [-0.39, 0.29) is 30.1 Å². The van der Waals surface area contributed by atoms with Crippen molar-refractivity contribution in [3.05, 3.63) is 35.4 Å². The number of aliphatic imine (C=N–C) groups is 1. The number of rotatable bonds is 5. The molecule has 1 aromatic carbocycles. The lowest BCUT2D eigenvalue weighted by Crippen LogP contribution is -2.51. The van der Waals surface area contributed by atoms with Crippen LogP contribution in [0.1, 0.15) is 30.9 Å². The quantitative estimate of drug-likeness (QED) is 0.405. The van der Waals surface area contributed by atoms with E-state index >= 15 is 0 Å². The number of halogens is 1. The molecular formula is C19H31IN4O. The van der Waals surface area contributed by atoms with Crippen molar-refractivity contribution >= 4 is 29.9 Å². The van der Waals surface area contributed by atoms with E-state index in [1.54, 1.807) is 0 Å². The van der Waals surface area contributed by atoms with Gasteiger partial charge in [-0.05, 0) is 38.8 Å². The number of hydrogen-bond acceptors (Lipinski definition) is 3. The number of nitrogens with zero attached hydrogens (tertiary/aromatic N) is 2. The first-order valence-electron chi connectivity index (χ1n) is 9.18. The summed E-state index contributed by atoms with van der Waals surface area (Å²) in [7, 11) is 0. The minimum absolute atomic E-state index is 0. The standard InChI is InChI=1S/C19H30N4O.HI/c1-3-20-19(21-11-16-7-4-6-15(2)10-16)22-12-18-13-23-9-5-8-17(23)14-24-18;/h4,6-7,10,17-18H,3,5,8-9,11-14H2,1-2H3,(H2,20,21,22);1H. The number of guanidine groups is 1. The van der Waals surface area contributed by atoms with Crippen LogP contribution in [0.15, 0.2) is 29.3 Å². The molecule has 0 spiro atoms. The highest BCUT2D eigenvalue weighted by Crippen LogP contribution is 2.22. The van der Waals surface area contributed by atoms with Gasteiger partial charge in [-0.25, -0.2) is 4.99 Å². The lowest BCUT2D eigenvalue weighted by Gasteiger charge is -2.35. The average molecular weight is 458 g/mol. The smallest absolute Gasteiger partial charge is 0.191 e. The van der Waals surface area contributed by atoms with Crippen LogP contribution in [-0.2, 0) is 11.3 Å². The van der Waals surface area contributed by atoms with Crippen LogP contribution < -0.4 is 10.6 Å². The molecule has 0 radical (unpaired) electrons. The van der Waals surface area contributed by atoms with Crippen LogP contribution in [0.4, 0.5) is 0 Å². The molecule has 2 fully saturated rings. The van der Waals surface area contributed by atoms with Gasteiger partial charge in [0.1, 0.15) is 0 Å². The molecule has 0 saturated carbocycles. The average Bonchev–Trinajstić information content (AvgIpc) is 3.05. The Bertz CT molecular complexity index is 566. The Morgan fingerprint density at radius 1 is 1.36 bits per heavy atom. The predicted molar refractivity (Wildman–Crippen MR) is 114 cm³/mol. The van der Waals surface area contributed by atoms with E-state index in [2.05, 4.69) is 53.6 Å². The monoisotopic (exact) mass is 458 g/mol. The Hall–Kier alpha value is -0.860. The van der Waals surface area contributed by atoms with Crippen molar-refractivity contribution in [2.24, 2.45) is 4.99 Å². The van der Waals surface area contributed by atoms with Crippen molar-refractivity contribution in [1.29, 1.82) is 0 Å². The van der Waals surface area contributed by atoms with Gasteiger partial charge in [-0.15, -0.1) is 24.0 Å². The lowest BCUT2D eigenvalue weighted by molar-refractivity contribution is -0.0453. The number of benzene rings is 1. The fourth-order valence-electron chi connectivity index (χ4n) is 3.54. The van der Waals surface area contributed by atoms with Crippen molar-refractivity contribution in [2.75, 3.05) is 32.8 Å². The summed E-state index contributed by atoms with van der Waals surface area (Å²) in [6.07, 6.45) is 2.86. The molecule has 1 aromatic rings. The highest BCUT2D eigenvalue weighted by atomic mass is 127. The van der Waals surface area contributed by atoms with E-state index < -0.39 is 0 Å². The van der Waals surface area contributed by atoms with Gasteiger partial charge >= 0.3 is 0 Å². The highest BCUT2D eigenvalue weighted by molar-refractivity contribution is 14.0. The van der Waals surface area contributed by atoms with E-state index in [1.165, 1.54) is 30.5 Å². The van der Waals surface area contributed by atoms with Gasteiger partial charge in [-0.1, -0.05) is 29.8 Å². The molecule has 2 aliphatic rings. The maximum atomic E-state index is 6.01. The number of ether oxygens (including phenoxy) is 1. The molecule has 6 heteroatoms. The number of fused-ring (bicyclic) bond motifs is 1. The SMILES string of the molecule is CCNC(=NCc1cccc(C)c1)NCC1CN2CCCC2CO1.I. The van der Waals surface area contributed by atoms with Crippen LogP contribution >= 0.6 is 24.0 Å². The van der Waals surface area contributed by atoms with Crippen LogP contribution in [0.2, 0.25) is 0 Å². The first-order chi connectivity index (χ1) is 11.7. The minimum atomic E-state index is 0. The summed E-state index contributed by atoms with van der Waals surface area (Å²) in [5, 5.41) is 6.77. The molecule has 2 atom stereocenters. The highest BCUT2D eigenvalue weighted by Gasteiger charge is 2.32. The summed E-state index contributed by atoms with van der Waals surface area (Å²) in [5.74, 6) is 0.867. The fourth-order valence-corrected chi connectivity index (χ4v) is 3.54. The number of nitrogens with one attached hydrogen (secondary N) is 2.